The Morgan fingerprint density at radius 1 is 1.26 bits per heavy atom. The molecule has 0 radical (unpaired) electrons. The molecular weight excluding hydrogens is 358 g/mol. The molecule has 0 heterocycles. The van der Waals surface area contributed by atoms with Gasteiger partial charge < -0.3 is 11.1 Å². The zero-order chi connectivity index (χ0) is 14.0. The average molecular weight is 370 g/mol. The molecule has 0 saturated heterocycles. The number of nitrogens with two attached hydrogens (primary N) is 1. The van der Waals surface area contributed by atoms with Crippen LogP contribution < -0.4 is 11.1 Å². The number of carbonyl (C=O) groups excluding carboxylic acids is 1. The average Bonchev–Trinajstić information content (AvgIpc) is 2.35. The van der Waals surface area contributed by atoms with E-state index in [1.54, 1.807) is 12.1 Å². The normalized spacial score (nSPS) is 10.3. The molecule has 0 fully saturated rings. The predicted octanol–water partition coefficient (Wildman–Crippen LogP) is 3.57. The zero-order valence-electron chi connectivity index (χ0n) is 10.2. The standard InChI is InChI=1S/C14H12FIN2O/c1-8-2-4-12(17)10(6-8)14(19)18-13-5-3-9(15)7-11(13)16/h2-7H,17H2,1H3,(H,18,19). The van der Waals surface area contributed by atoms with Crippen molar-refractivity contribution in [2.45, 2.75) is 6.92 Å². The van der Waals surface area contributed by atoms with Crippen LogP contribution >= 0.6 is 22.6 Å². The minimum absolute atomic E-state index is 0.300. The molecule has 0 atom stereocenters. The maximum Gasteiger partial charge on any atom is 0.257 e. The fourth-order valence-corrected chi connectivity index (χ4v) is 2.26. The third kappa shape index (κ3) is 3.23. The number of aryl methyl sites for hydroxylation is 1. The molecule has 2 aromatic rings. The van der Waals surface area contributed by atoms with Crippen molar-refractivity contribution >= 4 is 39.9 Å². The van der Waals surface area contributed by atoms with Gasteiger partial charge in [-0.25, -0.2) is 4.39 Å². The molecule has 0 aliphatic rings. The van der Waals surface area contributed by atoms with E-state index in [0.29, 0.717) is 20.5 Å². The highest BCUT2D eigenvalue weighted by atomic mass is 127. The lowest BCUT2D eigenvalue weighted by Gasteiger charge is -2.10. The Labute approximate surface area is 124 Å². The molecule has 0 bridgehead atoms. The summed E-state index contributed by atoms with van der Waals surface area (Å²) in [6.45, 7) is 1.89. The van der Waals surface area contributed by atoms with E-state index in [4.69, 9.17) is 5.73 Å². The summed E-state index contributed by atoms with van der Waals surface area (Å²) in [6, 6.07) is 9.45. The summed E-state index contributed by atoms with van der Waals surface area (Å²) in [7, 11) is 0. The minimum Gasteiger partial charge on any atom is -0.398 e. The second-order valence-corrected chi connectivity index (χ2v) is 5.33. The summed E-state index contributed by atoms with van der Waals surface area (Å²) < 4.78 is 13.6. The molecule has 0 spiro atoms. The predicted molar refractivity (Wildman–Crippen MR) is 82.7 cm³/mol. The molecule has 0 aliphatic heterocycles. The van der Waals surface area contributed by atoms with E-state index in [0.717, 1.165) is 5.56 Å². The van der Waals surface area contributed by atoms with Crippen molar-refractivity contribution in [1.29, 1.82) is 0 Å². The lowest BCUT2D eigenvalue weighted by Crippen LogP contribution is -2.15. The zero-order valence-corrected chi connectivity index (χ0v) is 12.4. The van der Waals surface area contributed by atoms with Gasteiger partial charge >= 0.3 is 0 Å². The Morgan fingerprint density at radius 2 is 2.00 bits per heavy atom. The molecule has 0 unspecified atom stereocenters. The van der Waals surface area contributed by atoms with E-state index >= 15 is 0 Å². The smallest absolute Gasteiger partial charge is 0.257 e. The van der Waals surface area contributed by atoms with E-state index in [2.05, 4.69) is 5.32 Å². The van der Waals surface area contributed by atoms with Crippen LogP contribution in [0.2, 0.25) is 0 Å². The Morgan fingerprint density at radius 3 is 2.68 bits per heavy atom. The largest absolute Gasteiger partial charge is 0.398 e. The molecule has 0 aliphatic carbocycles. The van der Waals surface area contributed by atoms with Crippen LogP contribution in [0.1, 0.15) is 15.9 Å². The van der Waals surface area contributed by atoms with Gasteiger partial charge in [0.2, 0.25) is 0 Å². The molecule has 3 N–H and O–H groups in total. The fourth-order valence-electron chi connectivity index (χ4n) is 1.65. The van der Waals surface area contributed by atoms with Crippen LogP contribution in [-0.2, 0) is 0 Å². The van der Waals surface area contributed by atoms with Gasteiger partial charge in [0, 0.05) is 9.26 Å². The molecule has 0 aromatic heterocycles. The van der Waals surface area contributed by atoms with E-state index in [-0.39, 0.29) is 11.7 Å². The topological polar surface area (TPSA) is 55.1 Å². The molecule has 0 saturated carbocycles. The number of nitrogen functional groups attached to an aromatic ring is 1. The summed E-state index contributed by atoms with van der Waals surface area (Å²) in [4.78, 5) is 12.1. The van der Waals surface area contributed by atoms with Crippen molar-refractivity contribution in [3.8, 4) is 0 Å². The van der Waals surface area contributed by atoms with Gasteiger partial charge in [0.05, 0.1) is 11.3 Å². The van der Waals surface area contributed by atoms with Crippen LogP contribution in [0.3, 0.4) is 0 Å². The van der Waals surface area contributed by atoms with Crippen molar-refractivity contribution < 1.29 is 9.18 Å². The van der Waals surface area contributed by atoms with Gasteiger partial charge in [0.15, 0.2) is 0 Å². The number of rotatable bonds is 2. The number of hydrogen-bond donors (Lipinski definition) is 2. The van der Waals surface area contributed by atoms with Crippen molar-refractivity contribution in [3.63, 3.8) is 0 Å². The Balaban J connectivity index is 2.28. The third-order valence-electron chi connectivity index (χ3n) is 2.63. The highest BCUT2D eigenvalue weighted by Gasteiger charge is 2.12. The van der Waals surface area contributed by atoms with Crippen molar-refractivity contribution in [2.24, 2.45) is 0 Å². The number of halogens is 2. The molecule has 19 heavy (non-hydrogen) atoms. The second-order valence-electron chi connectivity index (χ2n) is 4.17. The van der Waals surface area contributed by atoms with Gasteiger partial charge in [-0.2, -0.15) is 0 Å². The lowest BCUT2D eigenvalue weighted by atomic mass is 10.1. The third-order valence-corrected chi connectivity index (χ3v) is 3.53. The number of nitrogens with one attached hydrogen (secondary N) is 1. The van der Waals surface area contributed by atoms with E-state index < -0.39 is 0 Å². The fraction of sp³-hybridized carbons (Fsp3) is 0.0714. The van der Waals surface area contributed by atoms with E-state index in [1.165, 1.54) is 18.2 Å². The Hall–Kier alpha value is -1.63. The molecule has 98 valence electrons. The molecule has 2 aromatic carbocycles. The van der Waals surface area contributed by atoms with E-state index in [1.807, 2.05) is 35.6 Å². The van der Waals surface area contributed by atoms with Gasteiger partial charge in [0.1, 0.15) is 5.82 Å². The maximum absolute atomic E-state index is 13.0. The second kappa shape index (κ2) is 5.56. The summed E-state index contributed by atoms with van der Waals surface area (Å²) in [5.74, 6) is -0.636. The first-order valence-electron chi connectivity index (χ1n) is 5.60. The monoisotopic (exact) mass is 370 g/mol. The molecule has 3 nitrogen and oxygen atoms in total. The summed E-state index contributed by atoms with van der Waals surface area (Å²) in [5, 5.41) is 2.73. The van der Waals surface area contributed by atoms with Gasteiger partial charge in [-0.05, 0) is 59.8 Å². The van der Waals surface area contributed by atoms with Gasteiger partial charge in [0.25, 0.3) is 5.91 Å². The first-order valence-corrected chi connectivity index (χ1v) is 6.68. The summed E-state index contributed by atoms with van der Waals surface area (Å²) in [5.41, 5.74) is 8.13. The molecule has 2 rings (SSSR count). The minimum atomic E-state index is -0.336. The van der Waals surface area contributed by atoms with Crippen molar-refractivity contribution in [3.05, 3.63) is 56.9 Å². The number of anilines is 2. The molecular formula is C14H12FIN2O. The van der Waals surface area contributed by atoms with Crippen LogP contribution in [0.15, 0.2) is 36.4 Å². The highest BCUT2D eigenvalue weighted by Crippen LogP contribution is 2.21. The quantitative estimate of drug-likeness (QED) is 0.627. The number of carbonyl (C=O) groups is 1. The number of hydrogen-bond acceptors (Lipinski definition) is 2. The van der Waals surface area contributed by atoms with Gasteiger partial charge in [-0.3, -0.25) is 4.79 Å². The molecule has 1 amide bonds. The summed E-state index contributed by atoms with van der Waals surface area (Å²) in [6.07, 6.45) is 0. The van der Waals surface area contributed by atoms with Crippen molar-refractivity contribution in [1.82, 2.24) is 0 Å². The Bertz CT molecular complexity index is 643. The molecule has 5 heteroatoms. The number of amides is 1. The van der Waals surface area contributed by atoms with Crippen LogP contribution in [0, 0.1) is 16.3 Å². The van der Waals surface area contributed by atoms with Crippen molar-refractivity contribution in [2.75, 3.05) is 11.1 Å². The number of benzene rings is 2. The van der Waals surface area contributed by atoms with Crippen LogP contribution in [0.5, 0.6) is 0 Å². The first-order chi connectivity index (χ1) is 8.97. The maximum atomic E-state index is 13.0. The van der Waals surface area contributed by atoms with E-state index in [9.17, 15) is 9.18 Å². The Kier molecular flexibility index (Phi) is 4.04. The summed E-state index contributed by atoms with van der Waals surface area (Å²) >= 11 is 1.97. The van der Waals surface area contributed by atoms with Gasteiger partial charge in [-0.15, -0.1) is 0 Å². The van der Waals surface area contributed by atoms with Gasteiger partial charge in [-0.1, -0.05) is 11.6 Å². The SMILES string of the molecule is Cc1ccc(N)c(C(=O)Nc2ccc(F)cc2I)c1. The lowest BCUT2D eigenvalue weighted by molar-refractivity contribution is 0.102. The van der Waals surface area contributed by atoms with Crippen LogP contribution in [-0.4, -0.2) is 5.91 Å². The van der Waals surface area contributed by atoms with Crippen LogP contribution in [0.4, 0.5) is 15.8 Å². The first kappa shape index (κ1) is 13.8. The van der Waals surface area contributed by atoms with Crippen LogP contribution in [0.25, 0.3) is 0 Å². The highest BCUT2D eigenvalue weighted by molar-refractivity contribution is 14.1.